The van der Waals surface area contributed by atoms with Gasteiger partial charge in [-0.05, 0) is 103 Å². The Morgan fingerprint density at radius 3 is 1.26 bits per heavy atom. The van der Waals surface area contributed by atoms with Crippen LogP contribution in [-0.2, 0) is 16.2 Å². The number of aromatic nitrogens is 3. The zero-order chi connectivity index (χ0) is 39.6. The van der Waals surface area contributed by atoms with E-state index in [0.717, 1.165) is 22.5 Å². The first-order valence-electron chi connectivity index (χ1n) is 20.4. The summed E-state index contributed by atoms with van der Waals surface area (Å²) in [5.41, 5.74) is 19.1. The molecule has 8 aromatic rings. The van der Waals surface area contributed by atoms with Gasteiger partial charge in [0.05, 0.1) is 0 Å². The van der Waals surface area contributed by atoms with Crippen molar-refractivity contribution in [3.05, 3.63) is 191 Å². The number of hydrogen-bond acceptors (Lipinski definition) is 4. The highest BCUT2D eigenvalue weighted by Gasteiger charge is 2.38. The molecule has 3 aliphatic carbocycles. The summed E-state index contributed by atoms with van der Waals surface area (Å²) >= 11 is 0. The van der Waals surface area contributed by atoms with E-state index >= 15 is 0 Å². The molecule has 0 amide bonds. The summed E-state index contributed by atoms with van der Waals surface area (Å²) in [4.78, 5) is 18.3. The molecular formula is C54H44N4. The van der Waals surface area contributed by atoms with Crippen LogP contribution in [0.15, 0.2) is 158 Å². The van der Waals surface area contributed by atoms with Gasteiger partial charge < -0.3 is 0 Å². The van der Waals surface area contributed by atoms with Gasteiger partial charge in [-0.25, -0.2) is 4.98 Å². The predicted molar refractivity (Wildman–Crippen MR) is 238 cm³/mol. The summed E-state index contributed by atoms with van der Waals surface area (Å²) in [6, 6.07) is 57.2. The highest BCUT2D eigenvalue weighted by Crippen LogP contribution is 2.53. The molecule has 0 unspecified atom stereocenters. The molecule has 0 saturated heterocycles. The van der Waals surface area contributed by atoms with Crippen LogP contribution in [0, 0.1) is 0 Å². The minimum Gasteiger partial charge on any atom is -0.279 e. The molecule has 280 valence electrons. The standard InChI is InChI=1S/C54H44N4/c1-52(2)44-22-14-11-19-38(44)41-30-33(24-28-46(41)52)49-55-50(34-25-29-47-42(31-34)39-20-12-15-23-45(39)53(47,3)4)57-51(56-49)58(35-16-8-7-9-17-35)36-26-27-40-37-18-10-13-21-43(37)54(5,6)48(40)32-36/h7-32H,1-6H3. The number of fused-ring (bicyclic) bond motifs is 9. The van der Waals surface area contributed by atoms with Crippen LogP contribution in [0.25, 0.3) is 56.2 Å². The van der Waals surface area contributed by atoms with E-state index in [-0.39, 0.29) is 16.2 Å². The summed E-state index contributed by atoms with van der Waals surface area (Å²) in [7, 11) is 0. The molecule has 7 aromatic carbocycles. The van der Waals surface area contributed by atoms with Gasteiger partial charge in [-0.15, -0.1) is 0 Å². The van der Waals surface area contributed by atoms with E-state index in [9.17, 15) is 0 Å². The maximum atomic E-state index is 5.40. The molecule has 3 aliphatic rings. The number of para-hydroxylation sites is 1. The second-order valence-corrected chi connectivity index (χ2v) is 17.7. The van der Waals surface area contributed by atoms with E-state index in [2.05, 4.69) is 204 Å². The van der Waals surface area contributed by atoms with Crippen molar-refractivity contribution in [1.82, 2.24) is 15.0 Å². The van der Waals surface area contributed by atoms with Crippen molar-refractivity contribution in [2.45, 2.75) is 57.8 Å². The van der Waals surface area contributed by atoms with Crippen molar-refractivity contribution in [3.8, 4) is 56.2 Å². The van der Waals surface area contributed by atoms with Gasteiger partial charge in [0.1, 0.15) is 0 Å². The Labute approximate surface area is 341 Å². The van der Waals surface area contributed by atoms with Gasteiger partial charge in [0.25, 0.3) is 0 Å². The number of hydrogen-bond donors (Lipinski definition) is 0. The fourth-order valence-corrected chi connectivity index (χ4v) is 10.2. The zero-order valence-corrected chi connectivity index (χ0v) is 33.8. The van der Waals surface area contributed by atoms with Crippen LogP contribution >= 0.6 is 0 Å². The van der Waals surface area contributed by atoms with Crippen molar-refractivity contribution >= 4 is 17.3 Å². The van der Waals surface area contributed by atoms with E-state index in [0.29, 0.717) is 17.6 Å². The van der Waals surface area contributed by atoms with Gasteiger partial charge in [0.2, 0.25) is 5.95 Å². The van der Waals surface area contributed by atoms with E-state index in [1.54, 1.807) is 0 Å². The summed E-state index contributed by atoms with van der Waals surface area (Å²) in [5, 5.41) is 0. The summed E-state index contributed by atoms with van der Waals surface area (Å²) in [6.45, 7) is 13.9. The molecule has 0 atom stereocenters. The van der Waals surface area contributed by atoms with Gasteiger partial charge in [-0.2, -0.15) is 9.97 Å². The minimum absolute atomic E-state index is 0.0977. The monoisotopic (exact) mass is 748 g/mol. The normalized spacial score (nSPS) is 15.5. The lowest BCUT2D eigenvalue weighted by atomic mass is 9.82. The molecule has 0 bridgehead atoms. The van der Waals surface area contributed by atoms with Crippen LogP contribution in [0.5, 0.6) is 0 Å². The van der Waals surface area contributed by atoms with Crippen LogP contribution in [0.3, 0.4) is 0 Å². The molecule has 0 spiro atoms. The first-order valence-corrected chi connectivity index (χ1v) is 20.4. The molecule has 4 heteroatoms. The van der Waals surface area contributed by atoms with Crippen molar-refractivity contribution in [1.29, 1.82) is 0 Å². The Kier molecular flexibility index (Phi) is 7.26. The van der Waals surface area contributed by atoms with Crippen molar-refractivity contribution in [2.75, 3.05) is 4.90 Å². The molecule has 1 aromatic heterocycles. The van der Waals surface area contributed by atoms with Gasteiger partial charge in [-0.3, -0.25) is 4.90 Å². The van der Waals surface area contributed by atoms with E-state index < -0.39 is 0 Å². The van der Waals surface area contributed by atoms with E-state index in [1.165, 1.54) is 66.8 Å². The molecule has 1 heterocycles. The predicted octanol–water partition coefficient (Wildman–Crippen LogP) is 13.6. The van der Waals surface area contributed by atoms with Crippen LogP contribution < -0.4 is 4.90 Å². The Morgan fingerprint density at radius 2 is 0.741 bits per heavy atom. The zero-order valence-electron chi connectivity index (χ0n) is 33.8. The Balaban J connectivity index is 1.14. The van der Waals surface area contributed by atoms with Crippen LogP contribution in [0.4, 0.5) is 17.3 Å². The highest BCUT2D eigenvalue weighted by atomic mass is 15.3. The van der Waals surface area contributed by atoms with E-state index in [4.69, 9.17) is 15.0 Å². The Bertz CT molecular complexity index is 2870. The largest absolute Gasteiger partial charge is 0.279 e. The molecule has 0 radical (unpaired) electrons. The van der Waals surface area contributed by atoms with Crippen LogP contribution in [-0.4, -0.2) is 15.0 Å². The average molecular weight is 749 g/mol. The molecular weight excluding hydrogens is 705 g/mol. The van der Waals surface area contributed by atoms with Gasteiger partial charge in [0, 0.05) is 38.7 Å². The van der Waals surface area contributed by atoms with Gasteiger partial charge >= 0.3 is 0 Å². The molecule has 11 rings (SSSR count). The fraction of sp³-hybridized carbons (Fsp3) is 0.167. The summed E-state index contributed by atoms with van der Waals surface area (Å²) in [5.74, 6) is 1.85. The number of anilines is 3. The number of benzene rings is 7. The lowest BCUT2D eigenvalue weighted by Gasteiger charge is -2.27. The minimum atomic E-state index is -0.164. The van der Waals surface area contributed by atoms with Crippen molar-refractivity contribution in [3.63, 3.8) is 0 Å². The second kappa shape index (κ2) is 12.2. The quantitative estimate of drug-likeness (QED) is 0.176. The Hall–Kier alpha value is -6.65. The second-order valence-electron chi connectivity index (χ2n) is 17.7. The van der Waals surface area contributed by atoms with E-state index in [1.807, 2.05) is 0 Å². The third kappa shape index (κ3) is 4.91. The smallest absolute Gasteiger partial charge is 0.238 e. The third-order valence-corrected chi connectivity index (χ3v) is 13.3. The average Bonchev–Trinajstić information content (AvgIpc) is 3.73. The van der Waals surface area contributed by atoms with Crippen LogP contribution in [0.1, 0.15) is 74.9 Å². The molecule has 0 fully saturated rings. The van der Waals surface area contributed by atoms with Crippen LogP contribution in [0.2, 0.25) is 0 Å². The third-order valence-electron chi connectivity index (χ3n) is 13.3. The number of rotatable bonds is 5. The lowest BCUT2D eigenvalue weighted by molar-refractivity contribution is 0.660. The van der Waals surface area contributed by atoms with Gasteiger partial charge in [-0.1, -0.05) is 163 Å². The maximum absolute atomic E-state index is 5.40. The maximum Gasteiger partial charge on any atom is 0.238 e. The first-order chi connectivity index (χ1) is 28.0. The Morgan fingerprint density at radius 1 is 0.328 bits per heavy atom. The topological polar surface area (TPSA) is 41.9 Å². The van der Waals surface area contributed by atoms with Crippen molar-refractivity contribution < 1.29 is 0 Å². The number of nitrogens with zero attached hydrogens (tertiary/aromatic N) is 4. The van der Waals surface area contributed by atoms with Crippen molar-refractivity contribution in [2.24, 2.45) is 0 Å². The molecule has 0 saturated carbocycles. The molecule has 58 heavy (non-hydrogen) atoms. The van der Waals surface area contributed by atoms with Gasteiger partial charge in [0.15, 0.2) is 11.6 Å². The SMILES string of the molecule is CC1(C)c2ccccc2-c2cc(-c3nc(-c4ccc5c(c4)-c4ccccc4C5(C)C)nc(N(c4ccccc4)c4ccc5c(c4)C(C)(C)c4ccccc4-5)n3)ccc21. The summed E-state index contributed by atoms with van der Waals surface area (Å²) in [6.07, 6.45) is 0. The fourth-order valence-electron chi connectivity index (χ4n) is 10.2. The lowest BCUT2D eigenvalue weighted by Crippen LogP contribution is -2.18. The molecule has 0 aliphatic heterocycles. The summed E-state index contributed by atoms with van der Waals surface area (Å²) < 4.78 is 0. The molecule has 0 N–H and O–H groups in total. The highest BCUT2D eigenvalue weighted by molar-refractivity contribution is 5.88. The first kappa shape index (κ1) is 34.6. The molecule has 4 nitrogen and oxygen atoms in total.